The largest absolute Gasteiger partial charge is 0.843 e. The molecular formula is C13H17N2O3-. The molecule has 0 radical (unpaired) electrons. The molecule has 98 valence electrons. The van der Waals surface area contributed by atoms with Crippen molar-refractivity contribution in [2.75, 3.05) is 19.8 Å². The summed E-state index contributed by atoms with van der Waals surface area (Å²) >= 11 is 0. The lowest BCUT2D eigenvalue weighted by molar-refractivity contribution is -0.487. The highest BCUT2D eigenvalue weighted by molar-refractivity contribution is 5.32. The topological polar surface area (TPSA) is 89.1 Å². The molecule has 0 saturated heterocycles. The van der Waals surface area contributed by atoms with Gasteiger partial charge in [0.2, 0.25) is 5.60 Å². The Labute approximate surface area is 107 Å². The molecular weight excluding hydrogens is 232 g/mol. The van der Waals surface area contributed by atoms with Gasteiger partial charge in [0.25, 0.3) is 0 Å². The van der Waals surface area contributed by atoms with Crippen molar-refractivity contribution >= 4 is 0 Å². The van der Waals surface area contributed by atoms with Crippen LogP contribution in [0.5, 0.6) is 0 Å². The van der Waals surface area contributed by atoms with E-state index >= 15 is 0 Å². The van der Waals surface area contributed by atoms with Crippen LogP contribution in [0, 0.1) is 22.7 Å². The van der Waals surface area contributed by atoms with Gasteiger partial charge in [-0.1, -0.05) is 25.0 Å². The maximum atomic E-state index is 12.6. The van der Waals surface area contributed by atoms with Crippen LogP contribution < -0.4 is 5.11 Å². The molecule has 1 atom stereocenters. The Hall–Kier alpha value is -1.40. The van der Waals surface area contributed by atoms with Crippen molar-refractivity contribution in [3.8, 4) is 12.1 Å². The second-order valence-corrected chi connectivity index (χ2v) is 4.13. The van der Waals surface area contributed by atoms with Gasteiger partial charge in [-0.2, -0.15) is 10.5 Å². The fraction of sp³-hybridized carbons (Fsp3) is 0.692. The van der Waals surface area contributed by atoms with Crippen LogP contribution in [0.1, 0.15) is 26.2 Å². The SMILES string of the molecule is CCOCCOC(C#N)(C#N)C1([O-])C=CCCC1. The predicted molar refractivity (Wildman–Crippen MR) is 62.1 cm³/mol. The van der Waals surface area contributed by atoms with Crippen molar-refractivity contribution in [1.82, 2.24) is 0 Å². The quantitative estimate of drug-likeness (QED) is 0.509. The number of allylic oxidation sites excluding steroid dienone is 1. The van der Waals surface area contributed by atoms with Gasteiger partial charge >= 0.3 is 0 Å². The van der Waals surface area contributed by atoms with Crippen molar-refractivity contribution in [3.63, 3.8) is 0 Å². The molecule has 0 aliphatic heterocycles. The van der Waals surface area contributed by atoms with E-state index in [0.29, 0.717) is 13.0 Å². The summed E-state index contributed by atoms with van der Waals surface area (Å²) in [6.07, 6.45) is 4.81. The molecule has 5 nitrogen and oxygen atoms in total. The van der Waals surface area contributed by atoms with Crippen LogP contribution >= 0.6 is 0 Å². The zero-order valence-electron chi connectivity index (χ0n) is 10.5. The highest BCUT2D eigenvalue weighted by Crippen LogP contribution is 2.32. The molecule has 1 aliphatic carbocycles. The molecule has 0 bridgehead atoms. The fourth-order valence-corrected chi connectivity index (χ4v) is 1.93. The van der Waals surface area contributed by atoms with Crippen LogP contribution in [0.15, 0.2) is 12.2 Å². The molecule has 0 saturated carbocycles. The predicted octanol–water partition coefficient (Wildman–Crippen LogP) is 0.665. The normalized spacial score (nSPS) is 23.3. The molecule has 0 aromatic heterocycles. The highest BCUT2D eigenvalue weighted by Gasteiger charge is 2.44. The molecule has 1 rings (SSSR count). The molecule has 1 aliphatic rings. The van der Waals surface area contributed by atoms with Gasteiger partial charge in [0.15, 0.2) is 0 Å². The Morgan fingerprint density at radius 2 is 2.11 bits per heavy atom. The summed E-state index contributed by atoms with van der Waals surface area (Å²) < 4.78 is 10.3. The summed E-state index contributed by atoms with van der Waals surface area (Å²) in [6, 6.07) is 3.50. The standard InChI is InChI=1S/C13H17N2O3/c1-2-17-8-9-18-13(10-14,11-15)12(16)6-4-3-5-7-12/h4,6H,2-3,5,7-9H2,1H3/q-1. The van der Waals surface area contributed by atoms with E-state index in [1.165, 1.54) is 6.08 Å². The minimum absolute atomic E-state index is 0.0623. The van der Waals surface area contributed by atoms with Crippen molar-refractivity contribution in [3.05, 3.63) is 12.2 Å². The Bertz CT molecular complexity index is 367. The van der Waals surface area contributed by atoms with Gasteiger partial charge in [0.05, 0.1) is 13.2 Å². The number of nitriles is 2. The lowest BCUT2D eigenvalue weighted by atomic mass is 9.77. The fourth-order valence-electron chi connectivity index (χ4n) is 1.93. The molecule has 0 fully saturated rings. The molecule has 0 amide bonds. The van der Waals surface area contributed by atoms with Crippen LogP contribution in [-0.2, 0) is 9.47 Å². The van der Waals surface area contributed by atoms with Gasteiger partial charge in [-0.25, -0.2) is 0 Å². The van der Waals surface area contributed by atoms with E-state index in [4.69, 9.17) is 9.47 Å². The third-order valence-electron chi connectivity index (χ3n) is 2.97. The molecule has 0 spiro atoms. The molecule has 1 unspecified atom stereocenters. The zero-order chi connectivity index (χ0) is 13.5. The summed E-state index contributed by atoms with van der Waals surface area (Å²) in [5.74, 6) is 0. The van der Waals surface area contributed by atoms with Crippen LogP contribution in [0.3, 0.4) is 0 Å². The molecule has 18 heavy (non-hydrogen) atoms. The third kappa shape index (κ3) is 2.88. The van der Waals surface area contributed by atoms with Gasteiger partial charge < -0.3 is 14.6 Å². The maximum absolute atomic E-state index is 12.6. The lowest BCUT2D eigenvalue weighted by Crippen LogP contribution is -2.62. The van der Waals surface area contributed by atoms with Gasteiger partial charge in [-0.15, -0.1) is 0 Å². The van der Waals surface area contributed by atoms with Crippen LogP contribution in [0.2, 0.25) is 0 Å². The van der Waals surface area contributed by atoms with E-state index in [2.05, 4.69) is 0 Å². The van der Waals surface area contributed by atoms with Crippen molar-refractivity contribution in [1.29, 1.82) is 10.5 Å². The molecule has 0 heterocycles. The Balaban J connectivity index is 2.80. The minimum atomic E-state index is -1.97. The number of rotatable bonds is 6. The first kappa shape index (κ1) is 14.7. The first-order chi connectivity index (χ1) is 8.64. The van der Waals surface area contributed by atoms with Gasteiger partial charge in [-0.05, 0) is 18.9 Å². The summed E-state index contributed by atoms with van der Waals surface area (Å²) in [4.78, 5) is 0. The maximum Gasteiger partial charge on any atom is 0.235 e. The number of ether oxygens (including phenoxy) is 2. The highest BCUT2D eigenvalue weighted by atomic mass is 16.5. The van der Waals surface area contributed by atoms with E-state index in [-0.39, 0.29) is 19.6 Å². The first-order valence-corrected chi connectivity index (χ1v) is 6.06. The van der Waals surface area contributed by atoms with Gasteiger partial charge in [0, 0.05) is 6.61 Å². The summed E-state index contributed by atoms with van der Waals surface area (Å²) in [7, 11) is 0. The van der Waals surface area contributed by atoms with E-state index < -0.39 is 11.2 Å². The van der Waals surface area contributed by atoms with E-state index in [1.54, 1.807) is 18.2 Å². The Kier molecular flexibility index (Phi) is 5.30. The smallest absolute Gasteiger partial charge is 0.235 e. The average Bonchev–Trinajstić information content (AvgIpc) is 2.40. The molecule has 5 heteroatoms. The second kappa shape index (κ2) is 6.51. The monoisotopic (exact) mass is 249 g/mol. The van der Waals surface area contributed by atoms with Crippen LogP contribution in [0.25, 0.3) is 0 Å². The number of hydrogen-bond donors (Lipinski definition) is 0. The van der Waals surface area contributed by atoms with Crippen LogP contribution in [0.4, 0.5) is 0 Å². The average molecular weight is 249 g/mol. The Morgan fingerprint density at radius 3 is 2.61 bits per heavy atom. The van der Waals surface area contributed by atoms with E-state index in [0.717, 1.165) is 6.42 Å². The van der Waals surface area contributed by atoms with Crippen molar-refractivity contribution in [2.24, 2.45) is 0 Å². The summed E-state index contributed by atoms with van der Waals surface area (Å²) in [5, 5.41) is 30.9. The van der Waals surface area contributed by atoms with Crippen molar-refractivity contribution < 1.29 is 14.6 Å². The lowest BCUT2D eigenvalue weighted by Gasteiger charge is -2.47. The van der Waals surface area contributed by atoms with E-state index in [9.17, 15) is 15.6 Å². The van der Waals surface area contributed by atoms with Crippen molar-refractivity contribution in [2.45, 2.75) is 37.4 Å². The zero-order valence-corrected chi connectivity index (χ0v) is 10.5. The Morgan fingerprint density at radius 1 is 1.39 bits per heavy atom. The summed E-state index contributed by atoms with van der Waals surface area (Å²) in [6.45, 7) is 2.69. The first-order valence-electron chi connectivity index (χ1n) is 6.06. The van der Waals surface area contributed by atoms with Crippen LogP contribution in [-0.4, -0.2) is 31.0 Å². The number of hydrogen-bond acceptors (Lipinski definition) is 5. The molecule has 0 aromatic carbocycles. The third-order valence-corrected chi connectivity index (χ3v) is 2.97. The second-order valence-electron chi connectivity index (χ2n) is 4.13. The van der Waals surface area contributed by atoms with E-state index in [1.807, 2.05) is 6.92 Å². The molecule has 0 N–H and O–H groups in total. The number of nitrogens with zero attached hydrogens (tertiary/aromatic N) is 2. The minimum Gasteiger partial charge on any atom is -0.843 e. The van der Waals surface area contributed by atoms with Gasteiger partial charge in [-0.3, -0.25) is 0 Å². The molecule has 0 aromatic rings. The van der Waals surface area contributed by atoms with Gasteiger partial charge in [0.1, 0.15) is 12.1 Å². The summed E-state index contributed by atoms with van der Waals surface area (Å²) in [5.41, 5.74) is -3.76.